The molecule has 1 heterocycles. The van der Waals surface area contributed by atoms with Gasteiger partial charge in [-0.3, -0.25) is 14.6 Å². The molecule has 2 aromatic carbocycles. The predicted octanol–water partition coefficient (Wildman–Crippen LogP) is 2.31. The molecule has 0 aromatic heterocycles. The lowest BCUT2D eigenvalue weighted by Crippen LogP contribution is -2.32. The zero-order valence-corrected chi connectivity index (χ0v) is 9.96. The fraction of sp³-hybridized carbons (Fsp3) is 0.0625. The first kappa shape index (κ1) is 10.4. The summed E-state index contributed by atoms with van der Waals surface area (Å²) in [7, 11) is 0. The Kier molecular flexibility index (Phi) is 1.78. The van der Waals surface area contributed by atoms with Crippen LogP contribution in [0, 0.1) is 0 Å². The van der Waals surface area contributed by atoms with Gasteiger partial charge in [0.25, 0.3) is 0 Å². The molecular weight excluding hydrogens is 238 g/mol. The van der Waals surface area contributed by atoms with Gasteiger partial charge in [0, 0.05) is 11.1 Å². The van der Waals surface area contributed by atoms with E-state index < -0.39 is 5.54 Å². The number of nitrogens with zero attached hydrogens (tertiary/aromatic N) is 1. The van der Waals surface area contributed by atoms with Crippen molar-refractivity contribution >= 4 is 17.3 Å². The highest BCUT2D eigenvalue weighted by atomic mass is 16.2. The van der Waals surface area contributed by atoms with E-state index in [0.717, 1.165) is 5.56 Å². The summed E-state index contributed by atoms with van der Waals surface area (Å²) in [5.74, 6) is -0.376. The third kappa shape index (κ3) is 1.14. The van der Waals surface area contributed by atoms with Crippen LogP contribution in [0.4, 0.5) is 0 Å². The molecule has 0 saturated carbocycles. The van der Waals surface area contributed by atoms with Crippen LogP contribution in [0.5, 0.6) is 0 Å². The van der Waals surface area contributed by atoms with Gasteiger partial charge in [-0.25, -0.2) is 0 Å². The van der Waals surface area contributed by atoms with Crippen LogP contribution < -0.4 is 0 Å². The Balaban J connectivity index is 1.82. The van der Waals surface area contributed by atoms with E-state index in [2.05, 4.69) is 4.99 Å². The molecule has 4 rings (SSSR count). The normalized spacial score (nSPS) is 18.4. The number of rotatable bonds is 1. The van der Waals surface area contributed by atoms with Crippen LogP contribution in [0.1, 0.15) is 26.3 Å². The van der Waals surface area contributed by atoms with E-state index in [0.29, 0.717) is 16.8 Å². The summed E-state index contributed by atoms with van der Waals surface area (Å²) in [6.45, 7) is 0. The van der Waals surface area contributed by atoms with Crippen molar-refractivity contribution in [2.45, 2.75) is 5.54 Å². The van der Waals surface area contributed by atoms with E-state index >= 15 is 0 Å². The van der Waals surface area contributed by atoms with Crippen molar-refractivity contribution in [3.63, 3.8) is 0 Å². The van der Waals surface area contributed by atoms with Crippen molar-refractivity contribution in [3.8, 4) is 0 Å². The predicted molar refractivity (Wildman–Crippen MR) is 70.8 cm³/mol. The number of benzene rings is 2. The zero-order valence-electron chi connectivity index (χ0n) is 9.96. The minimum atomic E-state index is -1.24. The second-order valence-corrected chi connectivity index (χ2v) is 4.74. The molecular formula is C16H9NO2. The molecule has 0 N–H and O–H groups in total. The lowest BCUT2D eigenvalue weighted by atomic mass is 9.93. The van der Waals surface area contributed by atoms with Crippen molar-refractivity contribution in [2.24, 2.45) is 4.99 Å². The molecule has 1 spiro atoms. The van der Waals surface area contributed by atoms with Gasteiger partial charge in [-0.05, 0) is 5.56 Å². The van der Waals surface area contributed by atoms with E-state index in [1.165, 1.54) is 0 Å². The fourth-order valence-electron chi connectivity index (χ4n) is 2.70. The SMILES string of the molecule is O=C1c2ccccc2C(=O)C12N=C2c1ccccc1. The number of carbonyl (C=O) groups excluding carboxylic acids is 2. The second-order valence-electron chi connectivity index (χ2n) is 4.74. The van der Waals surface area contributed by atoms with Crippen LogP contribution in [0.2, 0.25) is 0 Å². The first-order chi connectivity index (χ1) is 9.25. The molecule has 1 aliphatic carbocycles. The number of hydrogen-bond acceptors (Lipinski definition) is 3. The Bertz CT molecular complexity index is 724. The minimum Gasteiger partial charge on any atom is -0.290 e. The summed E-state index contributed by atoms with van der Waals surface area (Å²) in [5.41, 5.74) is 1.17. The van der Waals surface area contributed by atoms with Gasteiger partial charge in [0.15, 0.2) is 0 Å². The van der Waals surface area contributed by atoms with Crippen LogP contribution in [-0.2, 0) is 0 Å². The van der Waals surface area contributed by atoms with Gasteiger partial charge in [-0.2, -0.15) is 0 Å². The van der Waals surface area contributed by atoms with Crippen LogP contribution in [-0.4, -0.2) is 22.8 Å². The Hall–Kier alpha value is -2.55. The van der Waals surface area contributed by atoms with Crippen molar-refractivity contribution in [2.75, 3.05) is 0 Å². The maximum atomic E-state index is 12.4. The van der Waals surface area contributed by atoms with E-state index in [-0.39, 0.29) is 11.6 Å². The first-order valence-corrected chi connectivity index (χ1v) is 6.09. The van der Waals surface area contributed by atoms with Gasteiger partial charge < -0.3 is 0 Å². The number of hydrogen-bond donors (Lipinski definition) is 0. The lowest BCUT2D eigenvalue weighted by molar-refractivity contribution is 0.0881. The molecule has 0 fully saturated rings. The molecule has 2 aliphatic rings. The Labute approximate surface area is 109 Å². The molecule has 90 valence electrons. The minimum absolute atomic E-state index is 0.188. The van der Waals surface area contributed by atoms with Crippen LogP contribution in [0.3, 0.4) is 0 Å². The van der Waals surface area contributed by atoms with Crippen molar-refractivity contribution in [1.82, 2.24) is 0 Å². The van der Waals surface area contributed by atoms with Gasteiger partial charge in [0.1, 0.15) is 0 Å². The summed E-state index contributed by atoms with van der Waals surface area (Å²) < 4.78 is 0. The molecule has 0 atom stereocenters. The average molecular weight is 247 g/mol. The molecule has 0 saturated heterocycles. The largest absolute Gasteiger partial charge is 0.290 e. The average Bonchev–Trinajstić information content (AvgIpc) is 3.19. The lowest BCUT2D eigenvalue weighted by Gasteiger charge is -2.02. The quantitative estimate of drug-likeness (QED) is 0.726. The summed E-state index contributed by atoms with van der Waals surface area (Å²) in [6.07, 6.45) is 0. The van der Waals surface area contributed by atoms with Gasteiger partial charge in [0.2, 0.25) is 17.1 Å². The number of fused-ring (bicyclic) bond motifs is 1. The second kappa shape index (κ2) is 3.26. The molecule has 0 bridgehead atoms. The number of ketones is 2. The summed E-state index contributed by atoms with van der Waals surface area (Å²) in [6, 6.07) is 16.3. The Morgan fingerprint density at radius 2 is 1.26 bits per heavy atom. The number of carbonyl (C=O) groups is 2. The molecule has 19 heavy (non-hydrogen) atoms. The third-order valence-corrected chi connectivity index (χ3v) is 3.69. The topological polar surface area (TPSA) is 46.5 Å². The van der Waals surface area contributed by atoms with Gasteiger partial charge in [0.05, 0.1) is 5.71 Å². The highest BCUT2D eigenvalue weighted by Gasteiger charge is 2.65. The highest BCUT2D eigenvalue weighted by molar-refractivity contribution is 6.53. The Morgan fingerprint density at radius 3 is 1.84 bits per heavy atom. The Morgan fingerprint density at radius 1 is 0.737 bits per heavy atom. The molecule has 0 unspecified atom stereocenters. The van der Waals surface area contributed by atoms with Crippen molar-refractivity contribution < 1.29 is 9.59 Å². The standard InChI is InChI=1S/C16H9NO2/c18-14-11-8-4-5-9-12(11)15(19)16(14)13(17-16)10-6-2-1-3-7-10/h1-9H. The first-order valence-electron chi connectivity index (χ1n) is 6.09. The van der Waals surface area contributed by atoms with Gasteiger partial charge >= 0.3 is 0 Å². The number of Topliss-reactive ketones (excluding diaryl/α,β-unsaturated/α-hetero) is 2. The van der Waals surface area contributed by atoms with E-state index in [4.69, 9.17) is 0 Å². The summed E-state index contributed by atoms with van der Waals surface area (Å²) in [4.78, 5) is 29.1. The van der Waals surface area contributed by atoms with Crippen LogP contribution in [0.25, 0.3) is 0 Å². The van der Waals surface area contributed by atoms with Crippen LogP contribution >= 0.6 is 0 Å². The zero-order chi connectivity index (χ0) is 13.0. The number of aliphatic imine (C=N–C) groups is 1. The molecule has 1 aliphatic heterocycles. The summed E-state index contributed by atoms with van der Waals surface area (Å²) in [5, 5.41) is 0. The third-order valence-electron chi connectivity index (χ3n) is 3.69. The maximum Gasteiger partial charge on any atom is 0.228 e. The van der Waals surface area contributed by atoms with E-state index in [1.54, 1.807) is 24.3 Å². The van der Waals surface area contributed by atoms with Crippen molar-refractivity contribution in [1.29, 1.82) is 0 Å². The molecule has 0 amide bonds. The molecule has 0 radical (unpaired) electrons. The van der Waals surface area contributed by atoms with Crippen molar-refractivity contribution in [3.05, 3.63) is 71.3 Å². The maximum absolute atomic E-state index is 12.4. The monoisotopic (exact) mass is 247 g/mol. The smallest absolute Gasteiger partial charge is 0.228 e. The van der Waals surface area contributed by atoms with Gasteiger partial charge in [-0.15, -0.1) is 0 Å². The van der Waals surface area contributed by atoms with E-state index in [9.17, 15) is 9.59 Å². The fourth-order valence-corrected chi connectivity index (χ4v) is 2.70. The van der Waals surface area contributed by atoms with E-state index in [1.807, 2.05) is 30.3 Å². The molecule has 3 heteroatoms. The van der Waals surface area contributed by atoms with Gasteiger partial charge in [-0.1, -0.05) is 54.6 Å². The van der Waals surface area contributed by atoms with Crippen LogP contribution in [0.15, 0.2) is 59.6 Å². The summed E-state index contributed by atoms with van der Waals surface area (Å²) >= 11 is 0. The highest BCUT2D eigenvalue weighted by Crippen LogP contribution is 2.44. The molecule has 2 aromatic rings. The molecule has 3 nitrogen and oxygen atoms in total.